The summed E-state index contributed by atoms with van der Waals surface area (Å²) >= 11 is 3.41. The van der Waals surface area contributed by atoms with Gasteiger partial charge < -0.3 is 2.85 Å². The fraction of sp³-hybridized carbons (Fsp3) is 0.400. The first-order valence-electron chi connectivity index (χ1n) is 3.76. The maximum atomic E-state index is 3.41. The molecule has 1 aromatic rings. The van der Waals surface area contributed by atoms with Crippen molar-refractivity contribution >= 4 is 39.0 Å². The molecule has 64 valence electrons. The van der Waals surface area contributed by atoms with Crippen molar-refractivity contribution in [3.05, 3.63) is 34.3 Å². The van der Waals surface area contributed by atoms with Gasteiger partial charge in [-0.1, -0.05) is 48.8 Å². The van der Waals surface area contributed by atoms with Crippen LogP contribution in [-0.4, -0.2) is 23.1 Å². The molecule has 0 heterocycles. The van der Waals surface area contributed by atoms with Crippen molar-refractivity contribution in [3.8, 4) is 0 Å². The van der Waals surface area contributed by atoms with E-state index in [1.54, 1.807) is 0 Å². The van der Waals surface area contributed by atoms with Crippen molar-refractivity contribution in [3.63, 3.8) is 0 Å². The van der Waals surface area contributed by atoms with Gasteiger partial charge in [0.05, 0.1) is 0 Å². The van der Waals surface area contributed by atoms with Crippen LogP contribution in [0.1, 0.15) is 29.2 Å². The first-order chi connectivity index (χ1) is 5.00. The molecule has 0 aliphatic rings. The van der Waals surface area contributed by atoms with E-state index in [9.17, 15) is 0 Å². The molecule has 0 N–H and O–H groups in total. The number of hydrogen-bond donors (Lipinski definition) is 0. The first kappa shape index (κ1) is 12.5. The summed E-state index contributed by atoms with van der Waals surface area (Å²) in [6.45, 7) is 6.66. The van der Waals surface area contributed by atoms with Crippen molar-refractivity contribution in [1.82, 2.24) is 0 Å². The van der Waals surface area contributed by atoms with Gasteiger partial charge in [-0.2, -0.15) is 0 Å². The van der Waals surface area contributed by atoms with E-state index in [-0.39, 0.29) is 31.3 Å². The summed E-state index contributed by atoms with van der Waals surface area (Å²) in [6, 6.07) is 8.48. The van der Waals surface area contributed by atoms with Crippen LogP contribution in [-0.2, 0) is 5.41 Å². The average molecular weight is 239 g/mol. The summed E-state index contributed by atoms with van der Waals surface area (Å²) in [4.78, 5) is 0. The topological polar surface area (TPSA) is 0 Å². The molecular formula is C10H15BrMg. The van der Waals surface area contributed by atoms with Crippen LogP contribution >= 0.6 is 15.9 Å². The SMILES string of the molecule is CC(C)(C)c1ccc(Br)cc1.[H-].[H-].[Mg+2]. The predicted octanol–water partition coefficient (Wildman–Crippen LogP) is 3.59. The van der Waals surface area contributed by atoms with Crippen molar-refractivity contribution in [1.29, 1.82) is 0 Å². The summed E-state index contributed by atoms with van der Waals surface area (Å²) in [5, 5.41) is 0. The van der Waals surface area contributed by atoms with Gasteiger partial charge in [-0.25, -0.2) is 0 Å². The molecule has 0 saturated heterocycles. The molecule has 0 atom stereocenters. The third kappa shape index (κ3) is 3.46. The van der Waals surface area contributed by atoms with Gasteiger partial charge in [-0.05, 0) is 23.1 Å². The molecule has 0 bridgehead atoms. The Morgan fingerprint density at radius 3 is 1.83 bits per heavy atom. The Morgan fingerprint density at radius 2 is 1.50 bits per heavy atom. The minimum atomic E-state index is 0. The second kappa shape index (κ2) is 4.63. The molecule has 2 heteroatoms. The molecule has 1 rings (SSSR count). The quantitative estimate of drug-likeness (QED) is 0.607. The first-order valence-corrected chi connectivity index (χ1v) is 4.55. The van der Waals surface area contributed by atoms with E-state index < -0.39 is 0 Å². The van der Waals surface area contributed by atoms with Crippen LogP contribution in [0.15, 0.2) is 28.7 Å². The molecule has 1 aromatic carbocycles. The summed E-state index contributed by atoms with van der Waals surface area (Å²) in [6.07, 6.45) is 0. The third-order valence-electron chi connectivity index (χ3n) is 1.71. The zero-order chi connectivity index (χ0) is 8.48. The van der Waals surface area contributed by atoms with E-state index in [1.165, 1.54) is 5.56 Å². The van der Waals surface area contributed by atoms with E-state index >= 15 is 0 Å². The maximum Gasteiger partial charge on any atom is 2.00 e. The molecule has 0 fully saturated rings. The maximum absolute atomic E-state index is 3.41. The zero-order valence-electron chi connectivity index (χ0n) is 9.89. The second-order valence-corrected chi connectivity index (χ2v) is 4.67. The molecule has 0 aliphatic heterocycles. The molecule has 12 heavy (non-hydrogen) atoms. The smallest absolute Gasteiger partial charge is 1.00 e. The van der Waals surface area contributed by atoms with Crippen molar-refractivity contribution in [2.45, 2.75) is 26.2 Å². The molecule has 0 aromatic heterocycles. The van der Waals surface area contributed by atoms with Crippen molar-refractivity contribution in [2.75, 3.05) is 0 Å². The summed E-state index contributed by atoms with van der Waals surface area (Å²) in [5.74, 6) is 0. The van der Waals surface area contributed by atoms with Gasteiger partial charge in [0.2, 0.25) is 0 Å². The molecule has 0 nitrogen and oxygen atoms in total. The Kier molecular flexibility index (Phi) is 4.81. The van der Waals surface area contributed by atoms with Gasteiger partial charge in [0.25, 0.3) is 0 Å². The fourth-order valence-corrected chi connectivity index (χ4v) is 1.21. The normalized spacial score (nSPS) is 10.7. The Morgan fingerprint density at radius 1 is 1.08 bits per heavy atom. The number of rotatable bonds is 0. The summed E-state index contributed by atoms with van der Waals surface area (Å²) < 4.78 is 1.14. The van der Waals surface area contributed by atoms with Gasteiger partial charge in [0.15, 0.2) is 0 Å². The van der Waals surface area contributed by atoms with Crippen LogP contribution in [0.4, 0.5) is 0 Å². The number of halogens is 1. The molecule has 0 unspecified atom stereocenters. The van der Waals surface area contributed by atoms with E-state index in [0.29, 0.717) is 0 Å². The van der Waals surface area contributed by atoms with Crippen LogP contribution < -0.4 is 0 Å². The Labute approximate surface area is 102 Å². The van der Waals surface area contributed by atoms with Gasteiger partial charge in [0.1, 0.15) is 0 Å². The van der Waals surface area contributed by atoms with Gasteiger partial charge >= 0.3 is 23.1 Å². The van der Waals surface area contributed by atoms with Crippen LogP contribution in [0, 0.1) is 0 Å². The molecule has 0 spiro atoms. The van der Waals surface area contributed by atoms with E-state index in [2.05, 4.69) is 61.0 Å². The standard InChI is InChI=1S/C10H13Br.Mg.2H/c1-10(2,3)8-4-6-9(11)7-5-8;;;/h4-7H,1-3H3;;;/q;+2;2*-1. The van der Waals surface area contributed by atoms with Gasteiger partial charge in [0, 0.05) is 4.47 Å². The van der Waals surface area contributed by atoms with Crippen molar-refractivity contribution < 1.29 is 2.85 Å². The van der Waals surface area contributed by atoms with E-state index in [4.69, 9.17) is 0 Å². The Bertz CT molecular complexity index is 241. The average Bonchev–Trinajstić information content (AvgIpc) is 1.86. The minimum Gasteiger partial charge on any atom is -1.00 e. The van der Waals surface area contributed by atoms with Crippen LogP contribution in [0.25, 0.3) is 0 Å². The minimum absolute atomic E-state index is 0. The third-order valence-corrected chi connectivity index (χ3v) is 2.24. The number of hydrogen-bond acceptors (Lipinski definition) is 0. The van der Waals surface area contributed by atoms with Crippen molar-refractivity contribution in [2.24, 2.45) is 0 Å². The molecule has 0 saturated carbocycles. The van der Waals surface area contributed by atoms with Gasteiger partial charge in [-0.3, -0.25) is 0 Å². The molecule has 0 radical (unpaired) electrons. The van der Waals surface area contributed by atoms with Crippen LogP contribution in [0.2, 0.25) is 0 Å². The van der Waals surface area contributed by atoms with E-state index in [0.717, 1.165) is 4.47 Å². The zero-order valence-corrected chi connectivity index (χ0v) is 10.9. The van der Waals surface area contributed by atoms with E-state index in [1.807, 2.05) is 0 Å². The Hall–Kier alpha value is 0.466. The summed E-state index contributed by atoms with van der Waals surface area (Å²) in [5.41, 5.74) is 1.64. The molecule has 0 aliphatic carbocycles. The van der Waals surface area contributed by atoms with Crippen LogP contribution in [0.3, 0.4) is 0 Å². The predicted molar refractivity (Wildman–Crippen MR) is 60.8 cm³/mol. The fourth-order valence-electron chi connectivity index (χ4n) is 0.950. The molecule has 0 amide bonds. The van der Waals surface area contributed by atoms with Gasteiger partial charge in [-0.15, -0.1) is 0 Å². The monoisotopic (exact) mass is 238 g/mol. The largest absolute Gasteiger partial charge is 2.00 e. The summed E-state index contributed by atoms with van der Waals surface area (Å²) in [7, 11) is 0. The Balaban J connectivity index is -0.000000403. The van der Waals surface area contributed by atoms with Crippen LogP contribution in [0.5, 0.6) is 0 Å². The second-order valence-electron chi connectivity index (χ2n) is 3.76. The molecular weight excluding hydrogens is 224 g/mol. The number of benzene rings is 1.